The Labute approximate surface area is 241 Å². The third-order valence-electron chi connectivity index (χ3n) is 11.9. The van der Waals surface area contributed by atoms with Gasteiger partial charge < -0.3 is 0 Å². The van der Waals surface area contributed by atoms with Crippen molar-refractivity contribution >= 4 is 11.3 Å². The lowest BCUT2D eigenvalue weighted by Gasteiger charge is -2.67. The van der Waals surface area contributed by atoms with E-state index < -0.39 is 0 Å². The second-order valence-electron chi connectivity index (χ2n) is 13.5. The van der Waals surface area contributed by atoms with Crippen LogP contribution in [-0.2, 0) is 21.7 Å². The van der Waals surface area contributed by atoms with Crippen molar-refractivity contribution in [1.82, 2.24) is 0 Å². The van der Waals surface area contributed by atoms with Crippen LogP contribution < -0.4 is 0 Å². The van der Waals surface area contributed by atoms with E-state index in [1.807, 2.05) is 0 Å². The summed E-state index contributed by atoms with van der Waals surface area (Å²) in [6, 6.07) is 51.0. The Balaban J connectivity index is 1.29. The maximum Gasteiger partial charge on any atom is 0.0345 e. The first kappa shape index (κ1) is 23.3. The van der Waals surface area contributed by atoms with E-state index in [0.717, 1.165) is 0 Å². The summed E-state index contributed by atoms with van der Waals surface area (Å²) in [6.07, 6.45) is 7.73. The highest BCUT2D eigenvalue weighted by atomic mass is 32.1. The van der Waals surface area contributed by atoms with Crippen LogP contribution in [0, 0.1) is 5.41 Å². The topological polar surface area (TPSA) is 0 Å². The van der Waals surface area contributed by atoms with Gasteiger partial charge in [-0.3, -0.25) is 0 Å². The molecule has 0 aliphatic heterocycles. The number of rotatable bonds is 5. The monoisotopic (exact) mass is 534 g/mol. The van der Waals surface area contributed by atoms with Crippen molar-refractivity contribution in [2.45, 2.75) is 60.2 Å². The average Bonchev–Trinajstić information content (AvgIpc) is 3.63. The lowest BCUT2D eigenvalue weighted by Crippen LogP contribution is -2.65. The molecule has 1 heterocycles. The van der Waals surface area contributed by atoms with Crippen LogP contribution in [0.4, 0.5) is 0 Å². The van der Waals surface area contributed by atoms with Gasteiger partial charge in [-0.1, -0.05) is 121 Å². The van der Waals surface area contributed by atoms with Gasteiger partial charge in [0.2, 0.25) is 0 Å². The SMILES string of the molecule is c1ccc(-c2ccc(C34CC5(c6ccccc6)CC6(c7ccccc7)CC(c7ccccc7)(C3)C6(C5)C4)s2)cc1. The average molecular weight is 535 g/mol. The summed E-state index contributed by atoms with van der Waals surface area (Å²) in [5.74, 6) is 0. The molecule has 0 nitrogen and oxygen atoms in total. The zero-order valence-corrected chi connectivity index (χ0v) is 23.7. The number of fused-ring (bicyclic) bond motifs is 2. The minimum absolute atomic E-state index is 0.203. The maximum atomic E-state index is 2.51. The third kappa shape index (κ3) is 2.73. The fourth-order valence-electron chi connectivity index (χ4n) is 11.0. The fourth-order valence-corrected chi connectivity index (χ4v) is 12.2. The molecule has 5 aromatic rings. The van der Waals surface area contributed by atoms with E-state index in [2.05, 4.69) is 145 Å². The van der Waals surface area contributed by atoms with Crippen LogP contribution >= 0.6 is 11.3 Å². The van der Waals surface area contributed by atoms with Gasteiger partial charge in [0.05, 0.1) is 0 Å². The van der Waals surface area contributed by atoms with Gasteiger partial charge >= 0.3 is 0 Å². The minimum atomic E-state index is 0.203. The third-order valence-corrected chi connectivity index (χ3v) is 13.3. The number of benzene rings is 4. The fraction of sp³-hybridized carbons (Fsp3) is 0.282. The van der Waals surface area contributed by atoms with Crippen LogP contribution in [0.15, 0.2) is 133 Å². The van der Waals surface area contributed by atoms with Gasteiger partial charge in [0.25, 0.3) is 0 Å². The van der Waals surface area contributed by atoms with Crippen molar-refractivity contribution in [1.29, 1.82) is 0 Å². The van der Waals surface area contributed by atoms with Gasteiger partial charge in [-0.15, -0.1) is 11.3 Å². The van der Waals surface area contributed by atoms with Crippen molar-refractivity contribution in [2.75, 3.05) is 0 Å². The second kappa shape index (κ2) is 7.86. The molecule has 4 fully saturated rings. The van der Waals surface area contributed by atoms with E-state index in [4.69, 9.17) is 0 Å². The molecule has 40 heavy (non-hydrogen) atoms. The minimum Gasteiger partial charge on any atom is -0.140 e. The molecule has 4 saturated carbocycles. The molecule has 1 heteroatoms. The molecule has 0 amide bonds. The second-order valence-corrected chi connectivity index (χ2v) is 14.6. The number of hydrogen-bond donors (Lipinski definition) is 0. The van der Waals surface area contributed by atoms with Crippen molar-refractivity contribution in [3.05, 3.63) is 155 Å². The predicted octanol–water partition coefficient (Wildman–Crippen LogP) is 9.85. The predicted molar refractivity (Wildman–Crippen MR) is 166 cm³/mol. The van der Waals surface area contributed by atoms with Crippen LogP contribution in [0.1, 0.15) is 60.1 Å². The molecule has 4 aliphatic carbocycles. The van der Waals surface area contributed by atoms with E-state index in [1.54, 1.807) is 21.6 Å². The molecule has 0 radical (unpaired) electrons. The maximum absolute atomic E-state index is 2.51. The quantitative estimate of drug-likeness (QED) is 0.210. The molecule has 1 aromatic heterocycles. The first-order valence-electron chi connectivity index (χ1n) is 15.0. The Morgan fingerprint density at radius 3 is 1.50 bits per heavy atom. The summed E-state index contributed by atoms with van der Waals surface area (Å²) in [7, 11) is 0. The van der Waals surface area contributed by atoms with Crippen LogP contribution in [0.2, 0.25) is 0 Å². The molecule has 4 aromatic carbocycles. The Kier molecular flexibility index (Phi) is 4.58. The van der Waals surface area contributed by atoms with Gasteiger partial charge in [0.15, 0.2) is 0 Å². The Morgan fingerprint density at radius 1 is 0.400 bits per heavy atom. The first-order chi connectivity index (χ1) is 19.6. The number of hydrogen-bond acceptors (Lipinski definition) is 1. The molecule has 9 rings (SSSR count). The zero-order chi connectivity index (χ0) is 26.5. The Morgan fingerprint density at radius 2 is 0.900 bits per heavy atom. The molecule has 196 valence electrons. The molecule has 3 bridgehead atoms. The normalized spacial score (nSPS) is 34.9. The van der Waals surface area contributed by atoms with Crippen LogP contribution in [0.3, 0.4) is 0 Å². The molecule has 1 spiro atoms. The smallest absolute Gasteiger partial charge is 0.0345 e. The summed E-state index contributed by atoms with van der Waals surface area (Å²) in [6.45, 7) is 0. The van der Waals surface area contributed by atoms with Crippen molar-refractivity contribution < 1.29 is 0 Å². The summed E-state index contributed by atoms with van der Waals surface area (Å²) in [5.41, 5.74) is 7.25. The van der Waals surface area contributed by atoms with Crippen molar-refractivity contribution in [3.8, 4) is 10.4 Å². The summed E-state index contributed by atoms with van der Waals surface area (Å²) < 4.78 is 0. The first-order valence-corrected chi connectivity index (χ1v) is 15.8. The molecular weight excluding hydrogens is 500 g/mol. The number of thiophene rings is 1. The highest BCUT2D eigenvalue weighted by Gasteiger charge is 2.87. The van der Waals surface area contributed by atoms with Crippen molar-refractivity contribution in [2.24, 2.45) is 5.41 Å². The standard InChI is InChI=1S/C39H34S/c1-5-13-29(14-6-1)33-21-22-34(40-33)36-23-35(30-15-7-2-8-16-30)24-37(31-17-9-3-10-18-31)28-38(25-36,39(37,26-35)27-36)32-19-11-4-12-20-32/h1-22H,23-28H2. The largest absolute Gasteiger partial charge is 0.140 e. The van der Waals surface area contributed by atoms with E-state index >= 15 is 0 Å². The van der Waals surface area contributed by atoms with Crippen LogP contribution in [0.25, 0.3) is 10.4 Å². The van der Waals surface area contributed by atoms with E-state index in [1.165, 1.54) is 49.0 Å². The lowest BCUT2D eigenvalue weighted by atomic mass is 9.36. The molecule has 5 atom stereocenters. The molecular formula is C39H34S. The lowest BCUT2D eigenvalue weighted by molar-refractivity contribution is -0.0689. The zero-order valence-electron chi connectivity index (χ0n) is 22.9. The summed E-state index contributed by atoms with van der Waals surface area (Å²) in [5, 5.41) is 0. The van der Waals surface area contributed by atoms with E-state index in [-0.39, 0.29) is 27.1 Å². The Bertz CT molecular complexity index is 1700. The van der Waals surface area contributed by atoms with Gasteiger partial charge in [0.1, 0.15) is 0 Å². The van der Waals surface area contributed by atoms with E-state index in [0.29, 0.717) is 0 Å². The Hall–Kier alpha value is -3.42. The van der Waals surface area contributed by atoms with E-state index in [9.17, 15) is 0 Å². The highest BCUT2D eigenvalue weighted by Crippen LogP contribution is 2.91. The highest BCUT2D eigenvalue weighted by molar-refractivity contribution is 7.15. The van der Waals surface area contributed by atoms with Gasteiger partial charge in [-0.2, -0.15) is 0 Å². The van der Waals surface area contributed by atoms with Gasteiger partial charge in [-0.25, -0.2) is 0 Å². The molecule has 0 saturated heterocycles. The molecule has 0 N–H and O–H groups in total. The van der Waals surface area contributed by atoms with Gasteiger partial charge in [0, 0.05) is 26.0 Å². The molecule has 4 aliphatic rings. The molecule has 5 unspecified atom stereocenters. The van der Waals surface area contributed by atoms with Crippen LogP contribution in [0.5, 0.6) is 0 Å². The summed E-state index contributed by atoms with van der Waals surface area (Å²) in [4.78, 5) is 3.04. The van der Waals surface area contributed by atoms with Gasteiger partial charge in [-0.05, 0) is 83.7 Å². The van der Waals surface area contributed by atoms with Crippen molar-refractivity contribution in [3.63, 3.8) is 0 Å². The van der Waals surface area contributed by atoms with Crippen LogP contribution in [-0.4, -0.2) is 0 Å². The summed E-state index contributed by atoms with van der Waals surface area (Å²) >= 11 is 2.07.